The Bertz CT molecular complexity index is 633. The number of ether oxygens (including phenoxy) is 1. The SMILES string of the molecule is O=C(C[NH+](Cc1cccs1)C[C@@H]1CCCO1)NCC12CC3CC(CC(C3)C1)C2. The predicted molar refractivity (Wildman–Crippen MR) is 111 cm³/mol. The first kappa shape index (κ1) is 19.1. The van der Waals surface area contributed by atoms with Crippen molar-refractivity contribution in [2.45, 2.75) is 64.0 Å². The van der Waals surface area contributed by atoms with Gasteiger partial charge in [0.2, 0.25) is 0 Å². The van der Waals surface area contributed by atoms with Crippen molar-refractivity contribution in [2.24, 2.45) is 23.2 Å². The molecule has 1 aromatic rings. The van der Waals surface area contributed by atoms with Crippen LogP contribution in [0.4, 0.5) is 0 Å². The van der Waals surface area contributed by atoms with Crippen LogP contribution < -0.4 is 10.2 Å². The highest BCUT2D eigenvalue weighted by Gasteiger charge is 2.50. The van der Waals surface area contributed by atoms with Gasteiger partial charge in [0.05, 0.1) is 4.88 Å². The molecule has 2 heterocycles. The highest BCUT2D eigenvalue weighted by Crippen LogP contribution is 2.59. The van der Waals surface area contributed by atoms with Crippen molar-refractivity contribution in [1.29, 1.82) is 0 Å². The lowest BCUT2D eigenvalue weighted by atomic mass is 9.49. The summed E-state index contributed by atoms with van der Waals surface area (Å²) in [4.78, 5) is 15.6. The third-order valence-electron chi connectivity index (χ3n) is 7.78. The summed E-state index contributed by atoms with van der Waals surface area (Å²) in [6.45, 7) is 4.26. The smallest absolute Gasteiger partial charge is 0.275 e. The van der Waals surface area contributed by atoms with Crippen molar-refractivity contribution in [1.82, 2.24) is 5.32 Å². The monoisotopic (exact) mass is 403 g/mol. The van der Waals surface area contributed by atoms with E-state index in [4.69, 9.17) is 4.74 Å². The molecule has 4 bridgehead atoms. The van der Waals surface area contributed by atoms with Crippen LogP contribution in [0, 0.1) is 23.2 Å². The molecular weight excluding hydrogens is 368 g/mol. The minimum Gasteiger partial charge on any atom is -0.372 e. The lowest BCUT2D eigenvalue weighted by molar-refractivity contribution is -0.908. The number of carbonyl (C=O) groups is 1. The Morgan fingerprint density at radius 1 is 1.21 bits per heavy atom. The van der Waals surface area contributed by atoms with Gasteiger partial charge in [-0.15, -0.1) is 11.3 Å². The van der Waals surface area contributed by atoms with Gasteiger partial charge in [-0.3, -0.25) is 4.79 Å². The fourth-order valence-corrected chi connectivity index (χ4v) is 7.85. The molecule has 5 aliphatic rings. The molecule has 1 saturated heterocycles. The molecule has 0 aromatic carbocycles. The van der Waals surface area contributed by atoms with Crippen LogP contribution in [0.3, 0.4) is 0 Å². The van der Waals surface area contributed by atoms with E-state index in [1.807, 2.05) is 0 Å². The summed E-state index contributed by atoms with van der Waals surface area (Å²) in [5, 5.41) is 5.51. The molecule has 4 nitrogen and oxygen atoms in total. The molecule has 1 unspecified atom stereocenters. The molecule has 2 N–H and O–H groups in total. The maximum absolute atomic E-state index is 12.9. The average Bonchev–Trinajstić information content (AvgIpc) is 3.33. The quantitative estimate of drug-likeness (QED) is 0.701. The van der Waals surface area contributed by atoms with Crippen LogP contribution in [-0.4, -0.2) is 38.3 Å². The summed E-state index contributed by atoms with van der Waals surface area (Å²) in [6, 6.07) is 4.30. The number of rotatable bonds is 8. The summed E-state index contributed by atoms with van der Waals surface area (Å²) in [5.41, 5.74) is 0.424. The number of carbonyl (C=O) groups excluding carboxylic acids is 1. The molecule has 2 atom stereocenters. The predicted octanol–water partition coefficient (Wildman–Crippen LogP) is 2.64. The number of hydrogen-bond donors (Lipinski definition) is 2. The van der Waals surface area contributed by atoms with Gasteiger partial charge in [0, 0.05) is 13.2 Å². The van der Waals surface area contributed by atoms with Gasteiger partial charge in [0.25, 0.3) is 5.91 Å². The van der Waals surface area contributed by atoms with E-state index in [0.717, 1.165) is 56.8 Å². The zero-order valence-electron chi connectivity index (χ0n) is 17.0. The minimum atomic E-state index is 0.236. The molecule has 5 fully saturated rings. The first-order valence-corrected chi connectivity index (χ1v) is 12.3. The Morgan fingerprint density at radius 3 is 2.57 bits per heavy atom. The highest BCUT2D eigenvalue weighted by atomic mass is 32.1. The van der Waals surface area contributed by atoms with Gasteiger partial charge in [-0.05, 0) is 86.0 Å². The topological polar surface area (TPSA) is 42.8 Å². The Hall–Kier alpha value is -0.910. The first-order chi connectivity index (χ1) is 13.7. The first-order valence-electron chi connectivity index (χ1n) is 11.4. The number of hydrogen-bond acceptors (Lipinski definition) is 3. The fraction of sp³-hybridized carbons (Fsp3) is 0.783. The van der Waals surface area contributed by atoms with Crippen molar-refractivity contribution in [3.05, 3.63) is 22.4 Å². The van der Waals surface area contributed by atoms with E-state index < -0.39 is 0 Å². The van der Waals surface area contributed by atoms with E-state index in [2.05, 4.69) is 22.8 Å². The molecule has 4 aliphatic carbocycles. The van der Waals surface area contributed by atoms with Crippen LogP contribution in [0.1, 0.15) is 56.2 Å². The molecular formula is C23H35N2O2S+. The Labute approximate surface area is 173 Å². The molecule has 28 heavy (non-hydrogen) atoms. The third kappa shape index (κ3) is 4.31. The van der Waals surface area contributed by atoms with Crippen LogP contribution in [0.25, 0.3) is 0 Å². The van der Waals surface area contributed by atoms with Crippen LogP contribution in [-0.2, 0) is 16.1 Å². The largest absolute Gasteiger partial charge is 0.372 e. The summed E-state index contributed by atoms with van der Waals surface area (Å²) in [6.07, 6.45) is 11.1. The van der Waals surface area contributed by atoms with Gasteiger partial charge in [0.15, 0.2) is 6.54 Å². The lowest BCUT2D eigenvalue weighted by Gasteiger charge is -2.56. The molecule has 6 rings (SSSR count). The highest BCUT2D eigenvalue weighted by molar-refractivity contribution is 7.09. The van der Waals surface area contributed by atoms with Crippen molar-refractivity contribution < 1.29 is 14.4 Å². The second-order valence-electron chi connectivity index (χ2n) is 10.2. The van der Waals surface area contributed by atoms with Crippen LogP contribution in [0.15, 0.2) is 17.5 Å². The zero-order chi connectivity index (χ0) is 19.0. The molecule has 1 aliphatic heterocycles. The normalized spacial score (nSPS) is 37.3. The Morgan fingerprint density at radius 2 is 1.96 bits per heavy atom. The fourth-order valence-electron chi connectivity index (χ4n) is 7.08. The van der Waals surface area contributed by atoms with E-state index in [0.29, 0.717) is 18.1 Å². The zero-order valence-corrected chi connectivity index (χ0v) is 17.8. The Balaban J connectivity index is 1.16. The summed E-state index contributed by atoms with van der Waals surface area (Å²) in [7, 11) is 0. The Kier molecular flexibility index (Phi) is 5.50. The maximum Gasteiger partial charge on any atom is 0.275 e. The van der Waals surface area contributed by atoms with E-state index in [1.54, 1.807) is 11.3 Å². The third-order valence-corrected chi connectivity index (χ3v) is 8.66. The van der Waals surface area contributed by atoms with E-state index in [9.17, 15) is 4.79 Å². The number of quaternary nitrogens is 1. The van der Waals surface area contributed by atoms with Crippen molar-refractivity contribution >= 4 is 17.2 Å². The standard InChI is InChI=1S/C23H34N2O2S/c26-22(24-16-23-10-17-7-18(11-23)9-19(8-17)12-23)15-25(13-20-3-1-5-27-20)14-21-4-2-6-28-21/h2,4,6,17-20H,1,3,5,7-16H2,(H,24,26)/p+1/t17?,18?,19?,20-,23?/m0/s1. The number of amides is 1. The second-order valence-corrected chi connectivity index (χ2v) is 11.2. The van der Waals surface area contributed by atoms with Crippen LogP contribution in [0.5, 0.6) is 0 Å². The number of thiophene rings is 1. The molecule has 1 aromatic heterocycles. The minimum absolute atomic E-state index is 0.236. The van der Waals surface area contributed by atoms with Crippen LogP contribution in [0.2, 0.25) is 0 Å². The van der Waals surface area contributed by atoms with Crippen molar-refractivity contribution in [2.75, 3.05) is 26.2 Å². The van der Waals surface area contributed by atoms with Gasteiger partial charge in [-0.1, -0.05) is 6.07 Å². The summed E-state index contributed by atoms with van der Waals surface area (Å²) in [5.74, 6) is 3.08. The summed E-state index contributed by atoms with van der Waals surface area (Å²) >= 11 is 1.79. The van der Waals surface area contributed by atoms with E-state index in [-0.39, 0.29) is 5.91 Å². The van der Waals surface area contributed by atoms with Gasteiger partial charge >= 0.3 is 0 Å². The molecule has 1 amide bonds. The van der Waals surface area contributed by atoms with Gasteiger partial charge < -0.3 is 15.0 Å². The second kappa shape index (κ2) is 8.08. The van der Waals surface area contributed by atoms with E-state index in [1.165, 1.54) is 48.3 Å². The van der Waals surface area contributed by atoms with Gasteiger partial charge in [0.1, 0.15) is 19.2 Å². The average molecular weight is 404 g/mol. The molecule has 154 valence electrons. The molecule has 0 radical (unpaired) electrons. The lowest BCUT2D eigenvalue weighted by Crippen LogP contribution is -3.13. The van der Waals surface area contributed by atoms with Crippen molar-refractivity contribution in [3.63, 3.8) is 0 Å². The van der Waals surface area contributed by atoms with E-state index >= 15 is 0 Å². The van der Waals surface area contributed by atoms with Gasteiger partial charge in [-0.2, -0.15) is 0 Å². The van der Waals surface area contributed by atoms with Gasteiger partial charge in [-0.25, -0.2) is 0 Å². The number of nitrogens with one attached hydrogen (secondary N) is 2. The maximum atomic E-state index is 12.9. The molecule has 4 saturated carbocycles. The molecule has 5 heteroatoms. The van der Waals surface area contributed by atoms with Crippen LogP contribution >= 0.6 is 11.3 Å². The summed E-state index contributed by atoms with van der Waals surface area (Å²) < 4.78 is 5.86. The molecule has 0 spiro atoms. The van der Waals surface area contributed by atoms with Crippen molar-refractivity contribution in [3.8, 4) is 0 Å².